The Hall–Kier alpha value is -3.01. The van der Waals surface area contributed by atoms with E-state index in [1.54, 1.807) is 52.5 Å². The minimum absolute atomic E-state index is 0.137. The molecule has 0 N–H and O–H groups in total. The lowest BCUT2D eigenvalue weighted by Gasteiger charge is -2.35. The number of rotatable bonds is 7. The van der Waals surface area contributed by atoms with Crippen molar-refractivity contribution >= 4 is 12.1 Å². The number of aryl methyl sites for hydroxylation is 1. The van der Waals surface area contributed by atoms with Crippen LogP contribution in [0.3, 0.4) is 0 Å². The Morgan fingerprint density at radius 2 is 1.83 bits per heavy atom. The summed E-state index contributed by atoms with van der Waals surface area (Å²) in [5, 5.41) is 4.49. The Kier molecular flexibility index (Phi) is 7.83. The minimum Gasteiger partial charge on any atom is -0.461 e. The molecule has 1 saturated heterocycles. The van der Waals surface area contributed by atoms with E-state index >= 15 is 0 Å². The van der Waals surface area contributed by atoms with Crippen LogP contribution < -0.4 is 0 Å². The van der Waals surface area contributed by atoms with Crippen LogP contribution >= 0.6 is 0 Å². The van der Waals surface area contributed by atoms with E-state index in [-0.39, 0.29) is 31.3 Å². The predicted molar refractivity (Wildman–Crippen MR) is 124 cm³/mol. The van der Waals surface area contributed by atoms with Gasteiger partial charge in [-0.3, -0.25) is 9.58 Å². The molecule has 0 bridgehead atoms. The fourth-order valence-corrected chi connectivity index (χ4v) is 4.07. The molecule has 2 aromatic rings. The topological polar surface area (TPSA) is 82.9 Å². The number of aromatic nitrogens is 2. The first kappa shape index (κ1) is 26.6. The molecule has 0 spiro atoms. The molecule has 192 valence electrons. The zero-order valence-corrected chi connectivity index (χ0v) is 21.1. The number of benzene rings is 1. The molecule has 1 amide bonds. The summed E-state index contributed by atoms with van der Waals surface area (Å²) in [6.07, 6.45) is 0.0903. The van der Waals surface area contributed by atoms with Crippen molar-refractivity contribution in [3.05, 3.63) is 52.9 Å². The number of hydrogen-bond acceptors (Lipinski definition) is 6. The van der Waals surface area contributed by atoms with Crippen molar-refractivity contribution < 1.29 is 32.6 Å². The van der Waals surface area contributed by atoms with E-state index in [0.29, 0.717) is 24.3 Å². The van der Waals surface area contributed by atoms with Gasteiger partial charge in [0.1, 0.15) is 28.7 Å². The van der Waals surface area contributed by atoms with E-state index in [1.807, 2.05) is 0 Å². The molecule has 1 fully saturated rings. The molecule has 0 aliphatic carbocycles. The second kappa shape index (κ2) is 10.3. The van der Waals surface area contributed by atoms with Crippen LogP contribution in [0, 0.1) is 11.6 Å². The normalized spacial score (nSPS) is 17.5. The maximum Gasteiger partial charge on any atom is 0.412 e. The summed E-state index contributed by atoms with van der Waals surface area (Å²) in [6, 6.07) is 4.50. The van der Waals surface area contributed by atoms with Gasteiger partial charge in [-0.1, -0.05) is 0 Å². The van der Waals surface area contributed by atoms with E-state index in [1.165, 1.54) is 16.8 Å². The second-order valence-electron chi connectivity index (χ2n) is 9.97. The highest BCUT2D eigenvalue weighted by atomic mass is 19.1. The lowest BCUT2D eigenvalue weighted by atomic mass is 10.1. The summed E-state index contributed by atoms with van der Waals surface area (Å²) in [7, 11) is 0. The number of amides is 1. The molecule has 2 heterocycles. The summed E-state index contributed by atoms with van der Waals surface area (Å²) in [5.74, 6) is -1.92. The van der Waals surface area contributed by atoms with Crippen LogP contribution in [0.4, 0.5) is 13.6 Å². The molecule has 1 atom stereocenters. The van der Waals surface area contributed by atoms with Gasteiger partial charge in [-0.15, -0.1) is 0 Å². The third kappa shape index (κ3) is 6.78. The highest BCUT2D eigenvalue weighted by Crippen LogP contribution is 2.31. The first-order valence-electron chi connectivity index (χ1n) is 11.6. The number of ether oxygens (including phenoxy) is 3. The number of esters is 1. The summed E-state index contributed by atoms with van der Waals surface area (Å²) in [6.45, 7) is 11.5. The lowest BCUT2D eigenvalue weighted by molar-refractivity contribution is -0.0628. The molecule has 0 saturated carbocycles. The molecule has 0 radical (unpaired) electrons. The Morgan fingerprint density at radius 3 is 2.43 bits per heavy atom. The minimum atomic E-state index is -0.853. The molecule has 3 rings (SSSR count). The van der Waals surface area contributed by atoms with Crippen LogP contribution in [-0.2, 0) is 27.2 Å². The van der Waals surface area contributed by atoms with Gasteiger partial charge in [0.15, 0.2) is 0 Å². The zero-order valence-electron chi connectivity index (χ0n) is 21.1. The van der Waals surface area contributed by atoms with E-state index < -0.39 is 35.0 Å². The highest BCUT2D eigenvalue weighted by Gasteiger charge is 2.45. The van der Waals surface area contributed by atoms with Crippen LogP contribution in [0.25, 0.3) is 0 Å². The van der Waals surface area contributed by atoms with E-state index in [4.69, 9.17) is 14.2 Å². The predicted octanol–water partition coefficient (Wildman–Crippen LogP) is 4.69. The molecular weight excluding hydrogens is 460 g/mol. The van der Waals surface area contributed by atoms with Gasteiger partial charge < -0.3 is 14.2 Å². The first-order chi connectivity index (χ1) is 16.3. The first-order valence-corrected chi connectivity index (χ1v) is 11.6. The average Bonchev–Trinajstić information content (AvgIpc) is 3.24. The molecule has 1 aromatic heterocycles. The van der Waals surface area contributed by atoms with Gasteiger partial charge in [0.25, 0.3) is 0 Å². The maximum absolute atomic E-state index is 13.6. The van der Waals surface area contributed by atoms with Crippen LogP contribution in [0.1, 0.15) is 69.7 Å². The monoisotopic (exact) mass is 493 g/mol. The highest BCUT2D eigenvalue weighted by molar-refractivity contribution is 5.87. The summed E-state index contributed by atoms with van der Waals surface area (Å²) >= 11 is 0. The number of hydrogen-bond donors (Lipinski definition) is 0. The SMILES string of the molecule is CCOC(=O)c1cc(Cc2cc(F)cc(F)c2)nn1CC[C@@H]1COC(C)(C)N1C(=O)OC(C)(C)C. The fourth-order valence-electron chi connectivity index (χ4n) is 4.07. The number of carbonyl (C=O) groups is 2. The van der Waals surface area contributed by atoms with E-state index in [9.17, 15) is 18.4 Å². The fraction of sp³-hybridized carbons (Fsp3) is 0.560. The smallest absolute Gasteiger partial charge is 0.412 e. The Labute approximate surface area is 204 Å². The van der Waals surface area contributed by atoms with Gasteiger partial charge in [-0.2, -0.15) is 5.10 Å². The molecule has 10 heteroatoms. The van der Waals surface area contributed by atoms with Crippen molar-refractivity contribution in [1.29, 1.82) is 0 Å². The van der Waals surface area contributed by atoms with Gasteiger partial charge in [-0.05, 0) is 71.7 Å². The summed E-state index contributed by atoms with van der Waals surface area (Å²) < 4.78 is 45.3. The van der Waals surface area contributed by atoms with Gasteiger partial charge in [0.2, 0.25) is 0 Å². The van der Waals surface area contributed by atoms with Crippen LogP contribution in [0.2, 0.25) is 0 Å². The van der Waals surface area contributed by atoms with E-state index in [2.05, 4.69) is 5.10 Å². The van der Waals surface area contributed by atoms with Crippen molar-refractivity contribution in [3.63, 3.8) is 0 Å². The van der Waals surface area contributed by atoms with Crippen molar-refractivity contribution in [1.82, 2.24) is 14.7 Å². The number of halogens is 2. The Balaban J connectivity index is 1.81. The van der Waals surface area contributed by atoms with Crippen LogP contribution in [0.15, 0.2) is 24.3 Å². The summed E-state index contributed by atoms with van der Waals surface area (Å²) in [5.41, 5.74) is -0.436. The van der Waals surface area contributed by atoms with Gasteiger partial charge >= 0.3 is 12.1 Å². The number of nitrogens with zero attached hydrogens (tertiary/aromatic N) is 3. The third-order valence-electron chi connectivity index (χ3n) is 5.46. The van der Waals surface area contributed by atoms with Crippen molar-refractivity contribution in [2.75, 3.05) is 13.2 Å². The van der Waals surface area contributed by atoms with Crippen LogP contribution in [-0.4, -0.2) is 57.3 Å². The molecule has 1 aliphatic heterocycles. The molecular formula is C25H33F2N3O5. The van der Waals surface area contributed by atoms with Crippen molar-refractivity contribution in [2.45, 2.75) is 78.3 Å². The number of carbonyl (C=O) groups excluding carboxylic acids is 2. The third-order valence-corrected chi connectivity index (χ3v) is 5.46. The molecule has 8 nitrogen and oxygen atoms in total. The quantitative estimate of drug-likeness (QED) is 0.521. The van der Waals surface area contributed by atoms with Gasteiger partial charge in [0, 0.05) is 19.0 Å². The lowest BCUT2D eigenvalue weighted by Crippen LogP contribution is -2.50. The molecule has 1 aromatic carbocycles. The molecule has 35 heavy (non-hydrogen) atoms. The molecule has 1 aliphatic rings. The Bertz CT molecular complexity index is 1060. The Morgan fingerprint density at radius 1 is 1.17 bits per heavy atom. The largest absolute Gasteiger partial charge is 0.461 e. The van der Waals surface area contributed by atoms with Crippen molar-refractivity contribution in [2.24, 2.45) is 0 Å². The van der Waals surface area contributed by atoms with Gasteiger partial charge in [0.05, 0.1) is 24.9 Å². The second-order valence-corrected chi connectivity index (χ2v) is 9.97. The summed E-state index contributed by atoms with van der Waals surface area (Å²) in [4.78, 5) is 27.0. The van der Waals surface area contributed by atoms with Crippen LogP contribution in [0.5, 0.6) is 0 Å². The maximum atomic E-state index is 13.6. The zero-order chi connectivity index (χ0) is 26.0. The standard InChI is InChI=1S/C25H33F2N3O5/c1-7-33-22(31)21-14-19(12-16-10-17(26)13-18(27)11-16)28-29(21)9-8-20-15-34-25(5,6)30(20)23(32)35-24(2,3)4/h10-11,13-14,20H,7-9,12,15H2,1-6H3/t20-/m1/s1. The average molecular weight is 494 g/mol. The molecule has 0 unspecified atom stereocenters. The van der Waals surface area contributed by atoms with Crippen molar-refractivity contribution in [3.8, 4) is 0 Å². The van der Waals surface area contributed by atoms with Gasteiger partial charge in [-0.25, -0.2) is 18.4 Å². The van der Waals surface area contributed by atoms with E-state index in [0.717, 1.165) is 6.07 Å².